The second-order valence-electron chi connectivity index (χ2n) is 7.05. The van der Waals surface area contributed by atoms with Crippen molar-refractivity contribution in [2.45, 2.75) is 45.1 Å². The summed E-state index contributed by atoms with van der Waals surface area (Å²) in [6.07, 6.45) is 1.81. The number of amides is 2. The predicted molar refractivity (Wildman–Crippen MR) is 94.2 cm³/mol. The van der Waals surface area contributed by atoms with Crippen molar-refractivity contribution in [2.24, 2.45) is 0 Å². The highest BCUT2D eigenvalue weighted by atomic mass is 32.1. The zero-order valence-electron chi connectivity index (χ0n) is 13.8. The molecule has 1 atom stereocenters. The molecule has 0 saturated carbocycles. The Labute approximate surface area is 140 Å². The first-order valence-electron chi connectivity index (χ1n) is 7.98. The van der Waals surface area contributed by atoms with Crippen molar-refractivity contribution in [2.75, 3.05) is 18.5 Å². The number of nitrogens with zero attached hydrogens (tertiary/aromatic N) is 2. The summed E-state index contributed by atoms with van der Waals surface area (Å²) in [6, 6.07) is 5.61. The van der Waals surface area contributed by atoms with Gasteiger partial charge in [-0.25, -0.2) is 9.78 Å². The van der Waals surface area contributed by atoms with Crippen LogP contribution < -0.4 is 5.32 Å². The van der Waals surface area contributed by atoms with Gasteiger partial charge in [0.15, 0.2) is 0 Å². The maximum atomic E-state index is 12.4. The highest BCUT2D eigenvalue weighted by Crippen LogP contribution is 2.32. The van der Waals surface area contributed by atoms with Gasteiger partial charge in [0.1, 0.15) is 0 Å². The Kier molecular flexibility index (Phi) is 4.29. The van der Waals surface area contributed by atoms with E-state index >= 15 is 0 Å². The molecule has 0 spiro atoms. The number of aliphatic hydroxyl groups is 1. The largest absolute Gasteiger partial charge is 0.394 e. The number of anilines is 1. The average molecular weight is 333 g/mol. The third-order valence-electron chi connectivity index (χ3n) is 4.13. The van der Waals surface area contributed by atoms with E-state index in [9.17, 15) is 9.90 Å². The van der Waals surface area contributed by atoms with Gasteiger partial charge in [-0.3, -0.25) is 0 Å². The molecule has 1 saturated heterocycles. The number of fused-ring (bicyclic) bond motifs is 1. The number of nitrogens with one attached hydrogen (secondary N) is 1. The normalized spacial score (nSPS) is 18.6. The number of carbonyl (C=O) groups excluding carboxylic acids is 1. The molecule has 3 rings (SSSR count). The van der Waals surface area contributed by atoms with E-state index in [-0.39, 0.29) is 24.1 Å². The molecule has 0 bridgehead atoms. The summed E-state index contributed by atoms with van der Waals surface area (Å²) >= 11 is 1.67. The average Bonchev–Trinajstić information content (AvgIpc) is 3.12. The van der Waals surface area contributed by atoms with Crippen molar-refractivity contribution in [3.63, 3.8) is 0 Å². The summed E-state index contributed by atoms with van der Waals surface area (Å²) in [5.74, 6) is 0. The maximum absolute atomic E-state index is 12.4. The summed E-state index contributed by atoms with van der Waals surface area (Å²) in [5, 5.41) is 13.4. The number of aliphatic hydroxyl groups excluding tert-OH is 1. The molecule has 2 N–H and O–H groups in total. The van der Waals surface area contributed by atoms with Crippen LogP contribution in [0.3, 0.4) is 0 Å². The molecule has 6 heteroatoms. The van der Waals surface area contributed by atoms with E-state index in [2.05, 4.69) is 31.1 Å². The lowest BCUT2D eigenvalue weighted by Gasteiger charge is -2.23. The summed E-state index contributed by atoms with van der Waals surface area (Å²) in [7, 11) is 0. The van der Waals surface area contributed by atoms with Crippen molar-refractivity contribution in [3.8, 4) is 0 Å². The van der Waals surface area contributed by atoms with E-state index in [1.165, 1.54) is 0 Å². The van der Waals surface area contributed by atoms with Crippen LogP contribution in [0, 0.1) is 0 Å². The van der Waals surface area contributed by atoms with Gasteiger partial charge in [-0.15, -0.1) is 11.3 Å². The van der Waals surface area contributed by atoms with Crippen molar-refractivity contribution in [1.29, 1.82) is 0 Å². The van der Waals surface area contributed by atoms with Crippen LogP contribution in [0.4, 0.5) is 10.5 Å². The fourth-order valence-corrected chi connectivity index (χ4v) is 3.87. The minimum absolute atomic E-state index is 0.0240. The maximum Gasteiger partial charge on any atom is 0.322 e. The van der Waals surface area contributed by atoms with Crippen LogP contribution in [-0.4, -0.2) is 40.2 Å². The van der Waals surface area contributed by atoms with Crippen LogP contribution >= 0.6 is 11.3 Å². The first-order chi connectivity index (χ1) is 10.9. The number of benzene rings is 1. The van der Waals surface area contributed by atoms with Crippen molar-refractivity contribution in [3.05, 3.63) is 23.2 Å². The summed E-state index contributed by atoms with van der Waals surface area (Å²) in [6.45, 7) is 7.17. The Balaban J connectivity index is 1.79. The lowest BCUT2D eigenvalue weighted by molar-refractivity contribution is 0.166. The van der Waals surface area contributed by atoms with E-state index < -0.39 is 0 Å². The third-order valence-corrected chi connectivity index (χ3v) is 5.57. The molecule has 1 unspecified atom stereocenters. The van der Waals surface area contributed by atoms with Crippen LogP contribution in [0.15, 0.2) is 18.2 Å². The SMILES string of the molecule is CC(C)(C)c1nc2ccc(NC(=O)N3CCCC3CO)cc2s1. The molecule has 1 aromatic heterocycles. The Morgan fingerprint density at radius 1 is 1.48 bits per heavy atom. The molecule has 2 amide bonds. The second kappa shape index (κ2) is 6.09. The van der Waals surface area contributed by atoms with Gasteiger partial charge in [0.2, 0.25) is 0 Å². The molecule has 124 valence electrons. The number of likely N-dealkylation sites (tertiary alicyclic amines) is 1. The molecule has 0 radical (unpaired) electrons. The molecular weight excluding hydrogens is 310 g/mol. The molecule has 1 aromatic carbocycles. The molecule has 2 heterocycles. The van der Waals surface area contributed by atoms with E-state index in [0.717, 1.165) is 33.8 Å². The molecule has 2 aromatic rings. The lowest BCUT2D eigenvalue weighted by atomic mass is 9.98. The van der Waals surface area contributed by atoms with E-state index in [4.69, 9.17) is 0 Å². The monoisotopic (exact) mass is 333 g/mol. The summed E-state index contributed by atoms with van der Waals surface area (Å²) in [5.41, 5.74) is 1.76. The number of urea groups is 1. The fraction of sp³-hybridized carbons (Fsp3) is 0.529. The first-order valence-corrected chi connectivity index (χ1v) is 8.79. The standard InChI is InChI=1S/C17H23N3O2S/c1-17(2,3)15-19-13-7-6-11(9-14(13)23-15)18-16(22)20-8-4-5-12(20)10-21/h6-7,9,12,21H,4-5,8,10H2,1-3H3,(H,18,22). The Hall–Kier alpha value is -1.66. The van der Waals surface area contributed by atoms with Gasteiger partial charge in [-0.1, -0.05) is 20.8 Å². The molecule has 23 heavy (non-hydrogen) atoms. The van der Waals surface area contributed by atoms with Gasteiger partial charge in [-0.05, 0) is 31.0 Å². The van der Waals surface area contributed by atoms with Crippen LogP contribution in [0.2, 0.25) is 0 Å². The smallest absolute Gasteiger partial charge is 0.322 e. The number of carbonyl (C=O) groups is 1. The highest BCUT2D eigenvalue weighted by Gasteiger charge is 2.28. The van der Waals surface area contributed by atoms with E-state index in [1.807, 2.05) is 18.2 Å². The molecule has 1 fully saturated rings. The quantitative estimate of drug-likeness (QED) is 0.883. The topological polar surface area (TPSA) is 65.5 Å². The minimum Gasteiger partial charge on any atom is -0.394 e. The zero-order valence-corrected chi connectivity index (χ0v) is 14.6. The Morgan fingerprint density at radius 3 is 2.96 bits per heavy atom. The van der Waals surface area contributed by atoms with Gasteiger partial charge in [0, 0.05) is 17.6 Å². The second-order valence-corrected chi connectivity index (χ2v) is 8.08. The van der Waals surface area contributed by atoms with Crippen LogP contribution in [0.1, 0.15) is 38.6 Å². The fourth-order valence-electron chi connectivity index (χ4n) is 2.81. The zero-order chi connectivity index (χ0) is 16.6. The first kappa shape index (κ1) is 16.2. The summed E-state index contributed by atoms with van der Waals surface area (Å²) < 4.78 is 1.08. The van der Waals surface area contributed by atoms with Gasteiger partial charge >= 0.3 is 6.03 Å². The molecule has 5 nitrogen and oxygen atoms in total. The van der Waals surface area contributed by atoms with Gasteiger partial charge in [-0.2, -0.15) is 0 Å². The number of hydrogen-bond acceptors (Lipinski definition) is 4. The molecule has 1 aliphatic heterocycles. The lowest BCUT2D eigenvalue weighted by Crippen LogP contribution is -2.40. The Morgan fingerprint density at radius 2 is 2.26 bits per heavy atom. The third kappa shape index (κ3) is 3.33. The van der Waals surface area contributed by atoms with Crippen molar-refractivity contribution in [1.82, 2.24) is 9.88 Å². The number of thiazole rings is 1. The van der Waals surface area contributed by atoms with Gasteiger partial charge in [0.05, 0.1) is 27.9 Å². The summed E-state index contributed by atoms with van der Waals surface area (Å²) in [4.78, 5) is 18.8. The molecular formula is C17H23N3O2S. The van der Waals surface area contributed by atoms with Crippen LogP contribution in [-0.2, 0) is 5.41 Å². The van der Waals surface area contributed by atoms with Crippen LogP contribution in [0.25, 0.3) is 10.2 Å². The minimum atomic E-state index is -0.138. The molecule has 0 aliphatic carbocycles. The van der Waals surface area contributed by atoms with E-state index in [1.54, 1.807) is 16.2 Å². The molecule has 1 aliphatic rings. The van der Waals surface area contributed by atoms with Crippen LogP contribution in [0.5, 0.6) is 0 Å². The highest BCUT2D eigenvalue weighted by molar-refractivity contribution is 7.18. The van der Waals surface area contributed by atoms with E-state index in [0.29, 0.717) is 6.54 Å². The van der Waals surface area contributed by atoms with Gasteiger partial charge in [0.25, 0.3) is 0 Å². The van der Waals surface area contributed by atoms with Gasteiger partial charge < -0.3 is 15.3 Å². The number of hydrogen-bond donors (Lipinski definition) is 2. The number of aromatic nitrogens is 1. The van der Waals surface area contributed by atoms with Crippen molar-refractivity contribution < 1.29 is 9.90 Å². The predicted octanol–water partition coefficient (Wildman–Crippen LogP) is 3.58. The number of rotatable bonds is 2. The Bertz CT molecular complexity index is 720. The van der Waals surface area contributed by atoms with Crippen molar-refractivity contribution >= 4 is 33.3 Å².